The molecular formula is C25H40N4O3. The Morgan fingerprint density at radius 3 is 2.78 bits per heavy atom. The van der Waals surface area contributed by atoms with Crippen LogP contribution in [0.5, 0.6) is 0 Å². The van der Waals surface area contributed by atoms with E-state index < -0.39 is 0 Å². The molecule has 7 nitrogen and oxygen atoms in total. The fourth-order valence-electron chi connectivity index (χ4n) is 4.21. The lowest BCUT2D eigenvalue weighted by Crippen LogP contribution is -2.47. The van der Waals surface area contributed by atoms with Gasteiger partial charge in [-0.15, -0.1) is 0 Å². The lowest BCUT2D eigenvalue weighted by molar-refractivity contribution is -0.116. The topological polar surface area (TPSA) is 75.2 Å². The summed E-state index contributed by atoms with van der Waals surface area (Å²) in [4.78, 5) is 19.1. The van der Waals surface area contributed by atoms with Crippen molar-refractivity contribution >= 4 is 17.6 Å². The summed E-state index contributed by atoms with van der Waals surface area (Å²) in [5.41, 5.74) is 1.92. The molecule has 0 aliphatic carbocycles. The van der Waals surface area contributed by atoms with E-state index in [1.54, 1.807) is 0 Å². The first kappa shape index (κ1) is 24.5. The molecule has 2 N–H and O–H groups in total. The first-order chi connectivity index (χ1) is 15.7. The SMILES string of the molecule is CCCC(=O)Nc1cccc(CN=C(NCC)N2CCC(OCC3CCCCO3)CC2)c1. The Morgan fingerprint density at radius 1 is 1.22 bits per heavy atom. The van der Waals surface area contributed by atoms with E-state index >= 15 is 0 Å². The van der Waals surface area contributed by atoms with E-state index in [1.807, 2.05) is 25.1 Å². The maximum Gasteiger partial charge on any atom is 0.224 e. The standard InChI is InChI=1S/C25H40N4O3/c1-3-8-24(30)28-21-10-7-9-20(17-21)18-27-25(26-4-2)29-14-12-22(13-15-29)32-19-23-11-5-6-16-31-23/h7,9-10,17,22-23H,3-6,8,11-16,18-19H2,1-2H3,(H,26,27)(H,28,30). The van der Waals surface area contributed by atoms with Crippen molar-refractivity contribution in [2.75, 3.05) is 38.2 Å². The first-order valence-electron chi connectivity index (χ1n) is 12.3. The highest BCUT2D eigenvalue weighted by atomic mass is 16.5. The van der Waals surface area contributed by atoms with Crippen molar-refractivity contribution in [1.29, 1.82) is 0 Å². The van der Waals surface area contributed by atoms with E-state index in [0.29, 0.717) is 19.1 Å². The van der Waals surface area contributed by atoms with E-state index in [9.17, 15) is 4.79 Å². The highest BCUT2D eigenvalue weighted by Gasteiger charge is 2.23. The Hall–Kier alpha value is -2.12. The number of guanidine groups is 1. The van der Waals surface area contributed by atoms with Gasteiger partial charge >= 0.3 is 0 Å². The van der Waals surface area contributed by atoms with Crippen LogP contribution in [0.1, 0.15) is 64.4 Å². The van der Waals surface area contributed by atoms with Gasteiger partial charge in [-0.3, -0.25) is 4.79 Å². The van der Waals surface area contributed by atoms with Crippen LogP contribution in [0.15, 0.2) is 29.3 Å². The number of likely N-dealkylation sites (tertiary alicyclic amines) is 1. The molecule has 2 fully saturated rings. The first-order valence-corrected chi connectivity index (χ1v) is 12.3. The average Bonchev–Trinajstić information content (AvgIpc) is 2.82. The van der Waals surface area contributed by atoms with Crippen molar-refractivity contribution in [2.24, 2.45) is 4.99 Å². The molecule has 0 spiro atoms. The number of nitrogens with zero attached hydrogens (tertiary/aromatic N) is 2. The number of hydrogen-bond donors (Lipinski definition) is 2. The molecule has 1 unspecified atom stereocenters. The average molecular weight is 445 g/mol. The molecule has 2 aliphatic rings. The van der Waals surface area contributed by atoms with Crippen LogP contribution in [0, 0.1) is 0 Å². The Labute approximate surface area is 192 Å². The smallest absolute Gasteiger partial charge is 0.224 e. The molecule has 2 heterocycles. The summed E-state index contributed by atoms with van der Waals surface area (Å²) in [6.07, 6.45) is 7.55. The Balaban J connectivity index is 1.49. The molecule has 1 atom stereocenters. The molecule has 2 aliphatic heterocycles. The van der Waals surface area contributed by atoms with Crippen LogP contribution in [-0.2, 0) is 20.8 Å². The van der Waals surface area contributed by atoms with Crippen LogP contribution >= 0.6 is 0 Å². The third-order valence-electron chi connectivity index (χ3n) is 5.97. The van der Waals surface area contributed by atoms with Crippen molar-refractivity contribution in [3.8, 4) is 0 Å². The zero-order chi connectivity index (χ0) is 22.6. The fourth-order valence-corrected chi connectivity index (χ4v) is 4.21. The van der Waals surface area contributed by atoms with Crippen LogP contribution in [0.3, 0.4) is 0 Å². The number of rotatable bonds is 9. The van der Waals surface area contributed by atoms with E-state index in [0.717, 1.165) is 75.7 Å². The second kappa shape index (κ2) is 13.4. The molecule has 1 amide bonds. The van der Waals surface area contributed by atoms with Gasteiger partial charge in [0.15, 0.2) is 5.96 Å². The van der Waals surface area contributed by atoms with Gasteiger partial charge < -0.3 is 25.0 Å². The predicted octanol–water partition coefficient (Wildman–Crippen LogP) is 3.94. The zero-order valence-corrected chi connectivity index (χ0v) is 19.8. The molecule has 0 aromatic heterocycles. The van der Waals surface area contributed by atoms with Gasteiger partial charge in [-0.05, 0) is 63.1 Å². The lowest BCUT2D eigenvalue weighted by atomic mass is 10.1. The Bertz CT molecular complexity index is 726. The van der Waals surface area contributed by atoms with Gasteiger partial charge in [0.2, 0.25) is 5.91 Å². The zero-order valence-electron chi connectivity index (χ0n) is 19.8. The monoisotopic (exact) mass is 444 g/mol. The van der Waals surface area contributed by atoms with Crippen molar-refractivity contribution < 1.29 is 14.3 Å². The number of hydrogen-bond acceptors (Lipinski definition) is 4. The highest BCUT2D eigenvalue weighted by Crippen LogP contribution is 2.18. The van der Waals surface area contributed by atoms with E-state index in [1.165, 1.54) is 12.8 Å². The number of nitrogens with one attached hydrogen (secondary N) is 2. The Morgan fingerprint density at radius 2 is 2.06 bits per heavy atom. The number of carbonyl (C=O) groups is 1. The number of benzene rings is 1. The number of carbonyl (C=O) groups excluding carboxylic acids is 1. The number of anilines is 1. The van der Waals surface area contributed by atoms with Crippen LogP contribution in [-0.4, -0.2) is 61.8 Å². The van der Waals surface area contributed by atoms with Gasteiger partial charge in [0, 0.05) is 38.3 Å². The van der Waals surface area contributed by atoms with Gasteiger partial charge in [0.25, 0.3) is 0 Å². The summed E-state index contributed by atoms with van der Waals surface area (Å²) < 4.78 is 11.9. The van der Waals surface area contributed by atoms with Crippen molar-refractivity contribution in [2.45, 2.75) is 77.5 Å². The molecule has 0 saturated carbocycles. The van der Waals surface area contributed by atoms with Gasteiger partial charge in [-0.25, -0.2) is 4.99 Å². The second-order valence-corrected chi connectivity index (χ2v) is 8.68. The molecule has 3 rings (SSSR count). The number of aliphatic imine (C=N–C) groups is 1. The normalized spacial score (nSPS) is 20.2. The highest BCUT2D eigenvalue weighted by molar-refractivity contribution is 5.90. The van der Waals surface area contributed by atoms with Crippen LogP contribution < -0.4 is 10.6 Å². The second-order valence-electron chi connectivity index (χ2n) is 8.68. The third-order valence-corrected chi connectivity index (χ3v) is 5.97. The van der Waals surface area contributed by atoms with E-state index in [2.05, 4.69) is 28.5 Å². The van der Waals surface area contributed by atoms with Gasteiger partial charge in [-0.1, -0.05) is 19.1 Å². The van der Waals surface area contributed by atoms with Gasteiger partial charge in [-0.2, -0.15) is 0 Å². The molecular weight excluding hydrogens is 404 g/mol. The molecule has 32 heavy (non-hydrogen) atoms. The summed E-state index contributed by atoms with van der Waals surface area (Å²) in [5.74, 6) is 1.00. The summed E-state index contributed by atoms with van der Waals surface area (Å²) in [6.45, 7) is 9.00. The van der Waals surface area contributed by atoms with Crippen LogP contribution in [0.25, 0.3) is 0 Å². The summed E-state index contributed by atoms with van der Waals surface area (Å²) in [5, 5.41) is 6.39. The molecule has 7 heteroatoms. The maximum atomic E-state index is 11.9. The maximum absolute atomic E-state index is 11.9. The van der Waals surface area contributed by atoms with Gasteiger partial charge in [0.1, 0.15) is 0 Å². The van der Waals surface area contributed by atoms with Gasteiger partial charge in [0.05, 0.1) is 25.4 Å². The third kappa shape index (κ3) is 8.10. The van der Waals surface area contributed by atoms with Crippen LogP contribution in [0.4, 0.5) is 5.69 Å². The minimum atomic E-state index is 0.0571. The molecule has 178 valence electrons. The molecule has 0 radical (unpaired) electrons. The minimum absolute atomic E-state index is 0.0571. The number of amides is 1. The molecule has 2 saturated heterocycles. The predicted molar refractivity (Wildman–Crippen MR) is 129 cm³/mol. The minimum Gasteiger partial charge on any atom is -0.376 e. The van der Waals surface area contributed by atoms with Crippen molar-refractivity contribution in [1.82, 2.24) is 10.2 Å². The molecule has 0 bridgehead atoms. The summed E-state index contributed by atoms with van der Waals surface area (Å²) in [6, 6.07) is 7.96. The largest absolute Gasteiger partial charge is 0.376 e. The van der Waals surface area contributed by atoms with Crippen molar-refractivity contribution in [3.63, 3.8) is 0 Å². The quantitative estimate of drug-likeness (QED) is 0.446. The fraction of sp³-hybridized carbons (Fsp3) is 0.680. The summed E-state index contributed by atoms with van der Waals surface area (Å²) >= 11 is 0. The summed E-state index contributed by atoms with van der Waals surface area (Å²) in [7, 11) is 0. The lowest BCUT2D eigenvalue weighted by Gasteiger charge is -2.35. The number of piperidine rings is 1. The van der Waals surface area contributed by atoms with E-state index in [4.69, 9.17) is 14.5 Å². The van der Waals surface area contributed by atoms with E-state index in [-0.39, 0.29) is 12.0 Å². The van der Waals surface area contributed by atoms with Crippen LogP contribution in [0.2, 0.25) is 0 Å². The molecule has 1 aromatic carbocycles. The number of ether oxygens (including phenoxy) is 2. The van der Waals surface area contributed by atoms with Crippen molar-refractivity contribution in [3.05, 3.63) is 29.8 Å². The molecule has 1 aromatic rings. The Kier molecular flexibility index (Phi) is 10.3.